The van der Waals surface area contributed by atoms with Gasteiger partial charge in [-0.05, 0) is 38.0 Å². The van der Waals surface area contributed by atoms with Crippen molar-refractivity contribution in [3.8, 4) is 5.75 Å². The van der Waals surface area contributed by atoms with E-state index in [1.165, 1.54) is 20.2 Å². The summed E-state index contributed by atoms with van der Waals surface area (Å²) in [6, 6.07) is 5.29. The lowest BCUT2D eigenvalue weighted by atomic mass is 9.97. The molecule has 0 fully saturated rings. The highest BCUT2D eigenvalue weighted by molar-refractivity contribution is 5.85. The van der Waals surface area contributed by atoms with Gasteiger partial charge in [-0.1, -0.05) is 12.1 Å². The van der Waals surface area contributed by atoms with Gasteiger partial charge in [0.2, 0.25) is 11.5 Å². The van der Waals surface area contributed by atoms with E-state index in [9.17, 15) is 27.9 Å². The molecule has 2 unspecified atom stereocenters. The number of aromatic nitrogens is 2. The van der Waals surface area contributed by atoms with Gasteiger partial charge >= 0.3 is 6.18 Å². The van der Waals surface area contributed by atoms with Crippen molar-refractivity contribution in [1.82, 2.24) is 20.4 Å². The van der Waals surface area contributed by atoms with Crippen molar-refractivity contribution in [2.45, 2.75) is 45.1 Å². The zero-order valence-corrected chi connectivity index (χ0v) is 16.9. The van der Waals surface area contributed by atoms with E-state index in [4.69, 9.17) is 4.74 Å². The number of benzene rings is 1. The molecule has 3 N–H and O–H groups in total. The van der Waals surface area contributed by atoms with E-state index in [-0.39, 0.29) is 0 Å². The Hall–Kier alpha value is -3.08. The van der Waals surface area contributed by atoms with Crippen molar-refractivity contribution in [1.29, 1.82) is 0 Å². The highest BCUT2D eigenvalue weighted by Gasteiger charge is 2.58. The summed E-state index contributed by atoms with van der Waals surface area (Å²) in [5, 5.41) is 10.2. The maximum absolute atomic E-state index is 13.5. The number of hydrogen-bond donors (Lipinski definition) is 3. The van der Waals surface area contributed by atoms with Crippen molar-refractivity contribution < 1.29 is 32.6 Å². The predicted molar refractivity (Wildman–Crippen MR) is 100 cm³/mol. The van der Waals surface area contributed by atoms with E-state index in [2.05, 4.69) is 4.98 Å². The number of nitrogens with zero attached hydrogens (tertiary/aromatic N) is 2. The second-order valence-electron chi connectivity index (χ2n) is 6.89. The fraction of sp³-hybridized carbons (Fsp3) is 0.421. The minimum Gasteiger partial charge on any atom is -0.481 e. The molecule has 2 amide bonds. The smallest absolute Gasteiger partial charge is 0.425 e. The van der Waals surface area contributed by atoms with Crippen molar-refractivity contribution in [2.75, 3.05) is 0 Å². The van der Waals surface area contributed by atoms with Gasteiger partial charge in [0, 0.05) is 19.4 Å². The van der Waals surface area contributed by atoms with Crippen molar-refractivity contribution >= 4 is 11.8 Å². The quantitative estimate of drug-likeness (QED) is 0.609. The number of halogens is 3. The Morgan fingerprint density at radius 1 is 1.27 bits per heavy atom. The standard InChI is InChI=1S/C19H23F3N4O4/c1-11-6-5-7-14(12(11)2)30-13(3)16(28)25-24-15(27)10-18(29,19(20,21)22)17-23-8-9-26(17)4/h5-9,13,29H,10H2,1-4H3,(H,24,27)(H,25,28). The minimum atomic E-state index is -5.17. The molecular formula is C19H23F3N4O4. The van der Waals surface area contributed by atoms with Crippen molar-refractivity contribution in [2.24, 2.45) is 7.05 Å². The first-order valence-electron chi connectivity index (χ1n) is 8.95. The topological polar surface area (TPSA) is 105 Å². The van der Waals surface area contributed by atoms with Crippen LogP contribution in [0, 0.1) is 13.8 Å². The normalized spacial score (nSPS) is 14.5. The number of aryl methyl sites for hydroxylation is 2. The third-order valence-electron chi connectivity index (χ3n) is 4.63. The summed E-state index contributed by atoms with van der Waals surface area (Å²) in [5.74, 6) is -2.32. The third kappa shape index (κ3) is 4.90. The van der Waals surface area contributed by atoms with E-state index in [0.29, 0.717) is 5.75 Å². The number of alkyl halides is 3. The van der Waals surface area contributed by atoms with Crippen molar-refractivity contribution in [3.05, 3.63) is 47.5 Å². The molecule has 1 heterocycles. The first kappa shape index (κ1) is 23.2. The number of nitrogens with one attached hydrogen (secondary N) is 2. The number of hydrazine groups is 1. The van der Waals surface area contributed by atoms with Crippen LogP contribution in [0.5, 0.6) is 5.75 Å². The lowest BCUT2D eigenvalue weighted by Gasteiger charge is -2.29. The van der Waals surface area contributed by atoms with Crippen LogP contribution in [0.15, 0.2) is 30.6 Å². The molecule has 2 atom stereocenters. The largest absolute Gasteiger partial charge is 0.481 e. The van der Waals surface area contributed by atoms with Crippen LogP contribution in [-0.2, 0) is 22.2 Å². The highest BCUT2D eigenvalue weighted by Crippen LogP contribution is 2.40. The van der Waals surface area contributed by atoms with Crippen LogP contribution in [0.25, 0.3) is 0 Å². The van der Waals surface area contributed by atoms with Crippen LogP contribution in [0.4, 0.5) is 13.2 Å². The summed E-state index contributed by atoms with van der Waals surface area (Å²) >= 11 is 0. The summed E-state index contributed by atoms with van der Waals surface area (Å²) in [6.45, 7) is 5.10. The SMILES string of the molecule is Cc1cccc(OC(C)C(=O)NNC(=O)CC(O)(c2nccn2C)C(F)(F)F)c1C. The van der Waals surface area contributed by atoms with E-state index in [1.54, 1.807) is 12.1 Å². The van der Waals surface area contributed by atoms with Gasteiger partial charge in [0.05, 0.1) is 6.42 Å². The van der Waals surface area contributed by atoms with Gasteiger partial charge in [-0.15, -0.1) is 0 Å². The number of rotatable bonds is 6. The van der Waals surface area contributed by atoms with Crippen molar-refractivity contribution in [3.63, 3.8) is 0 Å². The molecule has 1 aromatic carbocycles. The summed E-state index contributed by atoms with van der Waals surface area (Å²) in [7, 11) is 1.25. The lowest BCUT2D eigenvalue weighted by molar-refractivity contribution is -0.271. The summed E-state index contributed by atoms with van der Waals surface area (Å²) < 4.78 is 46.9. The van der Waals surface area contributed by atoms with Crippen LogP contribution < -0.4 is 15.6 Å². The van der Waals surface area contributed by atoms with E-state index in [1.807, 2.05) is 30.8 Å². The lowest BCUT2D eigenvalue weighted by Crippen LogP contribution is -2.52. The van der Waals surface area contributed by atoms with Gasteiger partial charge in [-0.2, -0.15) is 13.2 Å². The van der Waals surface area contributed by atoms with Gasteiger partial charge < -0.3 is 14.4 Å². The molecule has 11 heteroatoms. The summed E-state index contributed by atoms with van der Waals surface area (Å²) in [5.41, 5.74) is 2.12. The molecule has 0 saturated carbocycles. The average Bonchev–Trinajstić information content (AvgIpc) is 3.09. The molecule has 0 saturated heterocycles. The van der Waals surface area contributed by atoms with E-state index < -0.39 is 41.9 Å². The molecular weight excluding hydrogens is 405 g/mol. The second-order valence-corrected chi connectivity index (χ2v) is 6.89. The molecule has 30 heavy (non-hydrogen) atoms. The highest BCUT2D eigenvalue weighted by atomic mass is 19.4. The Morgan fingerprint density at radius 3 is 2.50 bits per heavy atom. The fourth-order valence-corrected chi connectivity index (χ4v) is 2.68. The molecule has 1 aromatic heterocycles. The molecule has 0 aliphatic rings. The number of imidazole rings is 1. The van der Waals surface area contributed by atoms with Gasteiger partial charge in [0.1, 0.15) is 5.75 Å². The van der Waals surface area contributed by atoms with E-state index >= 15 is 0 Å². The number of aliphatic hydroxyl groups is 1. The first-order valence-corrected chi connectivity index (χ1v) is 8.95. The Kier molecular flexibility index (Phi) is 6.76. The third-order valence-corrected chi connectivity index (χ3v) is 4.63. The molecule has 8 nitrogen and oxygen atoms in total. The average molecular weight is 428 g/mol. The first-order chi connectivity index (χ1) is 13.9. The Bertz CT molecular complexity index is 929. The molecule has 0 bridgehead atoms. The van der Waals surface area contributed by atoms with E-state index in [0.717, 1.165) is 21.9 Å². The molecule has 2 rings (SSSR count). The predicted octanol–water partition coefficient (Wildman–Crippen LogP) is 1.79. The molecule has 0 radical (unpaired) electrons. The Labute approximate surface area is 171 Å². The molecule has 0 spiro atoms. The molecule has 0 aliphatic carbocycles. The number of carbonyl (C=O) groups is 2. The Balaban J connectivity index is 2.01. The number of hydrogen-bond acceptors (Lipinski definition) is 5. The van der Waals surface area contributed by atoms with Crippen LogP contribution >= 0.6 is 0 Å². The van der Waals surface area contributed by atoms with Crippen LogP contribution in [0.1, 0.15) is 30.3 Å². The number of amides is 2. The van der Waals surface area contributed by atoms with Crippen LogP contribution in [-0.4, -0.2) is 38.8 Å². The zero-order valence-electron chi connectivity index (χ0n) is 16.9. The van der Waals surface area contributed by atoms with Crippen LogP contribution in [0.2, 0.25) is 0 Å². The molecule has 0 aliphatic heterocycles. The number of carbonyl (C=O) groups excluding carboxylic acids is 2. The van der Waals surface area contributed by atoms with Crippen LogP contribution in [0.3, 0.4) is 0 Å². The van der Waals surface area contributed by atoms with Gasteiger partial charge in [0.25, 0.3) is 5.91 Å². The monoisotopic (exact) mass is 428 g/mol. The maximum atomic E-state index is 13.5. The second kappa shape index (κ2) is 8.74. The molecule has 2 aromatic rings. The minimum absolute atomic E-state index is 0.463. The number of ether oxygens (including phenoxy) is 1. The molecule has 164 valence electrons. The Morgan fingerprint density at radius 2 is 1.93 bits per heavy atom. The van der Waals surface area contributed by atoms with Gasteiger partial charge in [-0.3, -0.25) is 20.4 Å². The summed E-state index contributed by atoms with van der Waals surface area (Å²) in [4.78, 5) is 27.7. The fourth-order valence-electron chi connectivity index (χ4n) is 2.68. The van der Waals surface area contributed by atoms with Gasteiger partial charge in [0.15, 0.2) is 11.9 Å². The zero-order chi connectivity index (χ0) is 22.7. The summed E-state index contributed by atoms with van der Waals surface area (Å²) in [6.07, 6.45) is -5.34. The van der Waals surface area contributed by atoms with Gasteiger partial charge in [-0.25, -0.2) is 4.98 Å². The maximum Gasteiger partial charge on any atom is 0.425 e.